The van der Waals surface area contributed by atoms with Crippen molar-refractivity contribution in [2.75, 3.05) is 13.1 Å². The predicted octanol–water partition coefficient (Wildman–Crippen LogP) is 3.83. The van der Waals surface area contributed by atoms with Crippen LogP contribution in [0, 0.1) is 0 Å². The van der Waals surface area contributed by atoms with Crippen molar-refractivity contribution in [1.82, 2.24) is 4.90 Å². The van der Waals surface area contributed by atoms with E-state index in [9.17, 15) is 18.0 Å². The molecule has 1 aromatic carbocycles. The Kier molecular flexibility index (Phi) is 5.22. The maximum atomic E-state index is 12.2. The highest BCUT2D eigenvalue weighted by molar-refractivity contribution is 9.10. The zero-order valence-electron chi connectivity index (χ0n) is 10.4. The van der Waals surface area contributed by atoms with Crippen LogP contribution >= 0.6 is 15.9 Å². The molecule has 3 nitrogen and oxygen atoms in total. The monoisotopic (exact) mass is 339 g/mol. The molecule has 0 fully saturated rings. The van der Waals surface area contributed by atoms with Crippen molar-refractivity contribution < 1.29 is 22.7 Å². The normalized spacial score (nSPS) is 11.3. The highest BCUT2D eigenvalue weighted by Crippen LogP contribution is 2.27. The van der Waals surface area contributed by atoms with Gasteiger partial charge in [-0.05, 0) is 32.0 Å². The minimum atomic E-state index is -4.78. The van der Waals surface area contributed by atoms with Crippen LogP contribution in [0.1, 0.15) is 24.2 Å². The number of halogens is 4. The van der Waals surface area contributed by atoms with Gasteiger partial charge in [-0.15, -0.1) is 13.2 Å². The van der Waals surface area contributed by atoms with E-state index in [2.05, 4.69) is 20.7 Å². The molecule has 7 heteroatoms. The smallest absolute Gasteiger partial charge is 0.406 e. The topological polar surface area (TPSA) is 29.5 Å². The van der Waals surface area contributed by atoms with Crippen molar-refractivity contribution in [2.24, 2.45) is 0 Å². The van der Waals surface area contributed by atoms with Gasteiger partial charge >= 0.3 is 6.36 Å². The van der Waals surface area contributed by atoms with Gasteiger partial charge in [-0.3, -0.25) is 4.79 Å². The first-order chi connectivity index (χ1) is 8.76. The zero-order chi connectivity index (χ0) is 14.6. The maximum absolute atomic E-state index is 12.2. The SMILES string of the molecule is CCN(CC)C(=O)c1cc(Br)cc(OC(F)(F)F)c1. The van der Waals surface area contributed by atoms with Gasteiger partial charge in [0.15, 0.2) is 0 Å². The molecule has 0 radical (unpaired) electrons. The molecule has 1 amide bonds. The van der Waals surface area contributed by atoms with Crippen LogP contribution in [0.15, 0.2) is 22.7 Å². The zero-order valence-corrected chi connectivity index (χ0v) is 12.0. The van der Waals surface area contributed by atoms with Crippen molar-refractivity contribution in [3.05, 3.63) is 28.2 Å². The Bertz CT molecular complexity index is 459. The molecule has 106 valence electrons. The molecule has 1 aromatic rings. The molecule has 0 N–H and O–H groups in total. The van der Waals surface area contributed by atoms with Gasteiger partial charge in [0.2, 0.25) is 0 Å². The molecular formula is C12H13BrF3NO2. The number of carbonyl (C=O) groups excluding carboxylic acids is 1. The summed E-state index contributed by atoms with van der Waals surface area (Å²) in [6.07, 6.45) is -4.78. The Labute approximate surface area is 117 Å². The Morgan fingerprint density at radius 2 is 1.84 bits per heavy atom. The van der Waals surface area contributed by atoms with Gasteiger partial charge in [0.25, 0.3) is 5.91 Å². The molecule has 1 rings (SSSR count). The molecule has 0 aromatic heterocycles. The van der Waals surface area contributed by atoms with Gasteiger partial charge in [0, 0.05) is 23.1 Å². The van der Waals surface area contributed by atoms with Gasteiger partial charge in [-0.2, -0.15) is 0 Å². The number of rotatable bonds is 4. The quantitative estimate of drug-likeness (QED) is 0.834. The number of carbonyl (C=O) groups is 1. The summed E-state index contributed by atoms with van der Waals surface area (Å²) in [4.78, 5) is 13.6. The van der Waals surface area contributed by atoms with E-state index < -0.39 is 12.1 Å². The van der Waals surface area contributed by atoms with Crippen molar-refractivity contribution in [3.8, 4) is 5.75 Å². The van der Waals surface area contributed by atoms with Gasteiger partial charge < -0.3 is 9.64 Å². The molecular weight excluding hydrogens is 327 g/mol. The maximum Gasteiger partial charge on any atom is 0.573 e. The highest BCUT2D eigenvalue weighted by Gasteiger charge is 2.31. The van der Waals surface area contributed by atoms with E-state index in [0.717, 1.165) is 12.1 Å². The van der Waals surface area contributed by atoms with Crippen LogP contribution in [0.5, 0.6) is 5.75 Å². The number of hydrogen-bond donors (Lipinski definition) is 0. The molecule has 0 heterocycles. The molecule has 19 heavy (non-hydrogen) atoms. The van der Waals surface area contributed by atoms with Crippen molar-refractivity contribution in [3.63, 3.8) is 0 Å². The number of ether oxygens (including phenoxy) is 1. The van der Waals surface area contributed by atoms with Crippen molar-refractivity contribution in [2.45, 2.75) is 20.2 Å². The summed E-state index contributed by atoms with van der Waals surface area (Å²) in [6.45, 7) is 4.56. The summed E-state index contributed by atoms with van der Waals surface area (Å²) in [7, 11) is 0. The van der Waals surface area contributed by atoms with E-state index in [0.29, 0.717) is 17.6 Å². The van der Waals surface area contributed by atoms with Crippen LogP contribution in [0.4, 0.5) is 13.2 Å². The van der Waals surface area contributed by atoms with Gasteiger partial charge in [0.05, 0.1) is 0 Å². The molecule has 0 saturated carbocycles. The fourth-order valence-electron chi connectivity index (χ4n) is 1.57. The fraction of sp³-hybridized carbons (Fsp3) is 0.417. The van der Waals surface area contributed by atoms with E-state index in [1.165, 1.54) is 11.0 Å². The minimum absolute atomic E-state index is 0.150. The number of hydrogen-bond acceptors (Lipinski definition) is 2. The fourth-order valence-corrected chi connectivity index (χ4v) is 2.04. The Morgan fingerprint density at radius 1 is 1.26 bits per heavy atom. The number of amides is 1. The second kappa shape index (κ2) is 6.27. The Hall–Kier alpha value is -1.24. The van der Waals surface area contributed by atoms with E-state index in [1.807, 2.05) is 0 Å². The van der Waals surface area contributed by atoms with Crippen LogP contribution in [0.3, 0.4) is 0 Å². The third-order valence-electron chi connectivity index (χ3n) is 2.40. The predicted molar refractivity (Wildman–Crippen MR) is 68.1 cm³/mol. The minimum Gasteiger partial charge on any atom is -0.406 e. The lowest BCUT2D eigenvalue weighted by atomic mass is 10.2. The van der Waals surface area contributed by atoms with Crippen molar-refractivity contribution in [1.29, 1.82) is 0 Å². The Morgan fingerprint density at radius 3 is 2.32 bits per heavy atom. The summed E-state index contributed by atoms with van der Waals surface area (Å²) in [5.41, 5.74) is 0.150. The van der Waals surface area contributed by atoms with Gasteiger partial charge in [-0.1, -0.05) is 15.9 Å². The molecule has 0 spiro atoms. The first kappa shape index (κ1) is 15.8. The van der Waals surface area contributed by atoms with E-state index in [4.69, 9.17) is 0 Å². The average molecular weight is 340 g/mol. The first-order valence-corrected chi connectivity index (χ1v) is 6.41. The summed E-state index contributed by atoms with van der Waals surface area (Å²) < 4.78 is 40.7. The average Bonchev–Trinajstić information content (AvgIpc) is 2.27. The molecule has 0 aliphatic rings. The summed E-state index contributed by atoms with van der Waals surface area (Å²) in [5, 5.41) is 0. The highest BCUT2D eigenvalue weighted by atomic mass is 79.9. The lowest BCUT2D eigenvalue weighted by Crippen LogP contribution is -2.30. The third-order valence-corrected chi connectivity index (χ3v) is 2.86. The van der Waals surface area contributed by atoms with Crippen LogP contribution in [0.2, 0.25) is 0 Å². The molecule has 0 aliphatic carbocycles. The Balaban J connectivity index is 3.06. The van der Waals surface area contributed by atoms with Gasteiger partial charge in [-0.25, -0.2) is 0 Å². The standard InChI is InChI=1S/C12H13BrF3NO2/c1-3-17(4-2)11(18)8-5-9(13)7-10(6-8)19-12(14,15)16/h5-7H,3-4H2,1-2H3. The molecule has 0 atom stereocenters. The number of benzene rings is 1. The van der Waals surface area contributed by atoms with E-state index >= 15 is 0 Å². The van der Waals surface area contributed by atoms with Crippen LogP contribution in [-0.4, -0.2) is 30.3 Å². The summed E-state index contributed by atoms with van der Waals surface area (Å²) >= 11 is 3.06. The molecule has 0 saturated heterocycles. The van der Waals surface area contributed by atoms with Crippen LogP contribution in [0.25, 0.3) is 0 Å². The molecule has 0 aliphatic heterocycles. The van der Waals surface area contributed by atoms with E-state index in [1.54, 1.807) is 13.8 Å². The van der Waals surface area contributed by atoms with Crippen LogP contribution < -0.4 is 4.74 Å². The van der Waals surface area contributed by atoms with Crippen molar-refractivity contribution >= 4 is 21.8 Å². The largest absolute Gasteiger partial charge is 0.573 e. The first-order valence-electron chi connectivity index (χ1n) is 5.62. The second-order valence-corrected chi connectivity index (χ2v) is 4.62. The summed E-state index contributed by atoms with van der Waals surface area (Å²) in [6, 6.07) is 3.70. The van der Waals surface area contributed by atoms with Crippen LogP contribution in [-0.2, 0) is 0 Å². The summed E-state index contributed by atoms with van der Waals surface area (Å²) in [5.74, 6) is -0.754. The third kappa shape index (κ3) is 4.74. The second-order valence-electron chi connectivity index (χ2n) is 3.70. The van der Waals surface area contributed by atoms with E-state index in [-0.39, 0.29) is 11.5 Å². The lowest BCUT2D eigenvalue weighted by Gasteiger charge is -2.19. The van der Waals surface area contributed by atoms with Gasteiger partial charge in [0.1, 0.15) is 5.75 Å². The molecule has 0 unspecified atom stereocenters. The number of nitrogens with zero attached hydrogens (tertiary/aromatic N) is 1. The molecule has 0 bridgehead atoms. The lowest BCUT2D eigenvalue weighted by molar-refractivity contribution is -0.274. The number of alkyl halides is 3.